The third-order valence-electron chi connectivity index (χ3n) is 8.06. The van der Waals surface area contributed by atoms with E-state index >= 15 is 0 Å². The molecule has 8 nitrogen and oxygen atoms in total. The zero-order chi connectivity index (χ0) is 25.9. The van der Waals surface area contributed by atoms with Gasteiger partial charge in [-0.1, -0.05) is 12.1 Å². The Balaban J connectivity index is 1.34. The number of aromatic nitrogens is 1. The summed E-state index contributed by atoms with van der Waals surface area (Å²) in [6, 6.07) is 15.1. The van der Waals surface area contributed by atoms with Gasteiger partial charge in [-0.2, -0.15) is 0 Å². The van der Waals surface area contributed by atoms with Crippen molar-refractivity contribution >= 4 is 28.3 Å². The Morgan fingerprint density at radius 3 is 2.42 bits per heavy atom. The summed E-state index contributed by atoms with van der Waals surface area (Å²) in [6.07, 6.45) is 8.88. The maximum absolute atomic E-state index is 12.4. The van der Waals surface area contributed by atoms with Crippen molar-refractivity contribution in [2.75, 3.05) is 30.6 Å². The van der Waals surface area contributed by atoms with E-state index in [1.807, 2.05) is 19.1 Å². The standard InChI is InChI=1S/C30H38N4O4/c1-2-37-33-28-26-14-13-25(38-24-15-17-36-18-16-24)19-27(26)34(23-7-4-8-23)29(28)20-9-11-22(12-10-20)32-30(35)31-21-5-3-6-21/h9-14,19,21,23-24,33H,2-8,15-18H2,1H3,(H2,31,32,35). The highest BCUT2D eigenvalue weighted by Crippen LogP contribution is 2.46. The summed E-state index contributed by atoms with van der Waals surface area (Å²) in [7, 11) is 0. The highest BCUT2D eigenvalue weighted by atomic mass is 16.6. The second kappa shape index (κ2) is 11.3. The molecule has 2 amide bonds. The third kappa shape index (κ3) is 5.20. The molecule has 3 aromatic rings. The lowest BCUT2D eigenvalue weighted by Crippen LogP contribution is -2.41. The molecule has 0 spiro atoms. The SMILES string of the molecule is CCONc1c(-c2ccc(NC(=O)NC3CCC3)cc2)n(C2CCC2)c2cc(OC3CCOCC3)ccc12. The molecule has 2 aliphatic carbocycles. The van der Waals surface area contributed by atoms with Crippen LogP contribution in [0.25, 0.3) is 22.2 Å². The van der Waals surface area contributed by atoms with E-state index in [-0.39, 0.29) is 12.1 Å². The van der Waals surface area contributed by atoms with E-state index in [1.165, 1.54) is 12.8 Å². The summed E-state index contributed by atoms with van der Waals surface area (Å²) >= 11 is 0. The zero-order valence-electron chi connectivity index (χ0n) is 22.1. The molecule has 8 heteroatoms. The lowest BCUT2D eigenvalue weighted by molar-refractivity contribution is 0.0256. The quantitative estimate of drug-likeness (QED) is 0.277. The second-order valence-corrected chi connectivity index (χ2v) is 10.6. The monoisotopic (exact) mass is 518 g/mol. The number of fused-ring (bicyclic) bond motifs is 1. The molecule has 1 saturated heterocycles. The predicted octanol–water partition coefficient (Wildman–Crippen LogP) is 6.63. The fraction of sp³-hybridized carbons (Fsp3) is 0.500. The number of nitrogens with one attached hydrogen (secondary N) is 3. The van der Waals surface area contributed by atoms with Crippen LogP contribution in [0.1, 0.15) is 64.3 Å². The molecule has 3 N–H and O–H groups in total. The van der Waals surface area contributed by atoms with Crippen LogP contribution in [-0.4, -0.2) is 42.6 Å². The van der Waals surface area contributed by atoms with Gasteiger partial charge in [0.15, 0.2) is 0 Å². The van der Waals surface area contributed by atoms with Crippen molar-refractivity contribution in [3.63, 3.8) is 0 Å². The third-order valence-corrected chi connectivity index (χ3v) is 8.06. The number of nitrogens with zero attached hydrogens (tertiary/aromatic N) is 1. The van der Waals surface area contributed by atoms with Crippen molar-refractivity contribution in [2.45, 2.75) is 76.5 Å². The van der Waals surface area contributed by atoms with Crippen LogP contribution in [0.2, 0.25) is 0 Å². The summed E-state index contributed by atoms with van der Waals surface area (Å²) in [5, 5.41) is 7.13. The molecule has 2 saturated carbocycles. The molecule has 2 aromatic carbocycles. The number of amides is 2. The van der Waals surface area contributed by atoms with Crippen LogP contribution in [0.5, 0.6) is 5.75 Å². The summed E-state index contributed by atoms with van der Waals surface area (Å²) in [6.45, 7) is 4.04. The summed E-state index contributed by atoms with van der Waals surface area (Å²) in [4.78, 5) is 18.1. The van der Waals surface area contributed by atoms with Gasteiger partial charge in [-0.25, -0.2) is 4.79 Å². The van der Waals surface area contributed by atoms with Crippen molar-refractivity contribution in [3.8, 4) is 17.0 Å². The summed E-state index contributed by atoms with van der Waals surface area (Å²) < 4.78 is 14.4. The predicted molar refractivity (Wildman–Crippen MR) is 150 cm³/mol. The number of carbonyl (C=O) groups excluding carboxylic acids is 1. The van der Waals surface area contributed by atoms with Crippen LogP contribution in [0, 0.1) is 0 Å². The molecule has 0 unspecified atom stereocenters. The second-order valence-electron chi connectivity index (χ2n) is 10.6. The maximum atomic E-state index is 12.4. The number of urea groups is 1. The highest BCUT2D eigenvalue weighted by molar-refractivity contribution is 6.02. The van der Waals surface area contributed by atoms with E-state index in [1.54, 1.807) is 0 Å². The largest absolute Gasteiger partial charge is 0.490 e. The molecular formula is C30H38N4O4. The first-order valence-electron chi connectivity index (χ1n) is 14.2. The average Bonchev–Trinajstić information content (AvgIpc) is 3.18. The van der Waals surface area contributed by atoms with Crippen molar-refractivity contribution in [3.05, 3.63) is 42.5 Å². The number of benzene rings is 2. The smallest absolute Gasteiger partial charge is 0.319 e. The normalized spacial score (nSPS) is 18.6. The van der Waals surface area contributed by atoms with Crippen LogP contribution >= 0.6 is 0 Å². The minimum atomic E-state index is -0.137. The Morgan fingerprint density at radius 1 is 1.00 bits per heavy atom. The van der Waals surface area contributed by atoms with Gasteiger partial charge in [-0.3, -0.25) is 10.3 Å². The summed E-state index contributed by atoms with van der Waals surface area (Å²) in [5.41, 5.74) is 8.33. The lowest BCUT2D eigenvalue weighted by atomic mass is 9.92. The van der Waals surface area contributed by atoms with Crippen LogP contribution in [0.15, 0.2) is 42.5 Å². The number of carbonyl (C=O) groups is 1. The molecule has 6 rings (SSSR count). The van der Waals surface area contributed by atoms with Gasteiger partial charge in [0.25, 0.3) is 0 Å². The van der Waals surface area contributed by atoms with Crippen molar-refractivity contribution in [2.24, 2.45) is 0 Å². The molecule has 0 atom stereocenters. The van der Waals surface area contributed by atoms with Crippen molar-refractivity contribution < 1.29 is 19.1 Å². The van der Waals surface area contributed by atoms with Crippen LogP contribution in [-0.2, 0) is 9.57 Å². The first-order chi connectivity index (χ1) is 18.7. The van der Waals surface area contributed by atoms with Crippen molar-refractivity contribution in [1.29, 1.82) is 0 Å². The Bertz CT molecular complexity index is 1260. The van der Waals surface area contributed by atoms with Gasteiger partial charge in [0.1, 0.15) is 11.9 Å². The fourth-order valence-corrected chi connectivity index (χ4v) is 5.52. The number of anilines is 2. The molecule has 0 radical (unpaired) electrons. The number of hydrogen-bond donors (Lipinski definition) is 3. The molecule has 1 aliphatic heterocycles. The molecular weight excluding hydrogens is 480 g/mol. The lowest BCUT2D eigenvalue weighted by Gasteiger charge is -2.30. The Morgan fingerprint density at radius 2 is 1.76 bits per heavy atom. The van der Waals surface area contributed by atoms with E-state index < -0.39 is 0 Å². The Kier molecular flexibility index (Phi) is 7.42. The minimum absolute atomic E-state index is 0.137. The zero-order valence-corrected chi connectivity index (χ0v) is 22.1. The fourth-order valence-electron chi connectivity index (χ4n) is 5.52. The number of rotatable bonds is 9. The molecule has 3 aliphatic rings. The van der Waals surface area contributed by atoms with Gasteiger partial charge in [0.2, 0.25) is 0 Å². The van der Waals surface area contributed by atoms with E-state index in [9.17, 15) is 4.79 Å². The number of hydrogen-bond acceptors (Lipinski definition) is 5. The molecule has 202 valence electrons. The van der Waals surface area contributed by atoms with Gasteiger partial charge >= 0.3 is 6.03 Å². The van der Waals surface area contributed by atoms with Crippen LogP contribution < -0.4 is 20.9 Å². The first kappa shape index (κ1) is 25.1. The Labute approximate surface area is 224 Å². The van der Waals surface area contributed by atoms with Gasteiger partial charge in [0, 0.05) is 47.6 Å². The van der Waals surface area contributed by atoms with Crippen LogP contribution in [0.3, 0.4) is 0 Å². The average molecular weight is 519 g/mol. The Hall–Kier alpha value is -3.23. The van der Waals surface area contributed by atoms with Crippen LogP contribution in [0.4, 0.5) is 16.2 Å². The minimum Gasteiger partial charge on any atom is -0.490 e. The van der Waals surface area contributed by atoms with Gasteiger partial charge < -0.3 is 24.7 Å². The van der Waals surface area contributed by atoms with Gasteiger partial charge in [0.05, 0.1) is 36.7 Å². The first-order valence-corrected chi connectivity index (χ1v) is 14.2. The molecule has 0 bridgehead atoms. The molecule has 3 fully saturated rings. The van der Waals surface area contributed by atoms with Gasteiger partial charge in [-0.05, 0) is 69.7 Å². The van der Waals surface area contributed by atoms with E-state index in [0.29, 0.717) is 18.7 Å². The maximum Gasteiger partial charge on any atom is 0.319 e. The van der Waals surface area contributed by atoms with E-state index in [0.717, 1.165) is 91.0 Å². The van der Waals surface area contributed by atoms with E-state index in [2.05, 4.69) is 51.0 Å². The summed E-state index contributed by atoms with van der Waals surface area (Å²) in [5.74, 6) is 0.897. The molecule has 1 aromatic heterocycles. The topological polar surface area (TPSA) is 85.8 Å². The molecule has 38 heavy (non-hydrogen) atoms. The number of ether oxygens (including phenoxy) is 2. The van der Waals surface area contributed by atoms with Crippen molar-refractivity contribution in [1.82, 2.24) is 9.88 Å². The molecule has 2 heterocycles. The highest BCUT2D eigenvalue weighted by Gasteiger charge is 2.29. The van der Waals surface area contributed by atoms with Gasteiger partial charge in [-0.15, -0.1) is 0 Å². The van der Waals surface area contributed by atoms with E-state index in [4.69, 9.17) is 14.3 Å².